The number of carbonyl (C=O) groups is 2. The van der Waals surface area contributed by atoms with Gasteiger partial charge in [-0.1, -0.05) is 17.3 Å². The second-order valence-corrected chi connectivity index (χ2v) is 3.53. The average molecular weight is 250 g/mol. The minimum atomic E-state index is -0.768. The predicted octanol–water partition coefficient (Wildman–Crippen LogP) is 0.756. The van der Waals surface area contributed by atoms with E-state index in [-0.39, 0.29) is 11.5 Å². The molecule has 0 aliphatic heterocycles. The van der Waals surface area contributed by atoms with Crippen molar-refractivity contribution in [2.24, 2.45) is 10.9 Å². The first-order valence-electron chi connectivity index (χ1n) is 5.16. The zero-order valence-corrected chi connectivity index (χ0v) is 10.4. The Kier molecular flexibility index (Phi) is 4.42. The van der Waals surface area contributed by atoms with Crippen LogP contribution in [-0.2, 0) is 14.4 Å². The van der Waals surface area contributed by atoms with Crippen LogP contribution in [0.4, 0.5) is 0 Å². The number of amides is 1. The molecule has 0 saturated carbocycles. The molecule has 1 amide bonds. The van der Waals surface area contributed by atoms with Gasteiger partial charge in [0.25, 0.3) is 5.91 Å². The molecular formula is C12H14N2O4. The second kappa shape index (κ2) is 5.81. The van der Waals surface area contributed by atoms with Gasteiger partial charge < -0.3 is 15.3 Å². The highest BCUT2D eigenvalue weighted by atomic mass is 16.6. The summed E-state index contributed by atoms with van der Waals surface area (Å²) in [6.45, 7) is 3.01. The van der Waals surface area contributed by atoms with Gasteiger partial charge >= 0.3 is 5.97 Å². The molecule has 96 valence electrons. The Morgan fingerprint density at radius 1 is 1.33 bits per heavy atom. The van der Waals surface area contributed by atoms with Gasteiger partial charge in [-0.25, -0.2) is 0 Å². The van der Waals surface area contributed by atoms with Crippen molar-refractivity contribution in [1.29, 1.82) is 0 Å². The summed E-state index contributed by atoms with van der Waals surface area (Å²) in [6.07, 6.45) is 0. The van der Waals surface area contributed by atoms with Gasteiger partial charge in [0.15, 0.2) is 5.71 Å². The molecule has 18 heavy (non-hydrogen) atoms. The summed E-state index contributed by atoms with van der Waals surface area (Å²) in [6, 6.07) is 5.02. The number of carbonyl (C=O) groups excluding carboxylic acids is 2. The molecule has 0 aliphatic carbocycles. The van der Waals surface area contributed by atoms with Gasteiger partial charge in [-0.3, -0.25) is 9.59 Å². The van der Waals surface area contributed by atoms with E-state index < -0.39 is 11.9 Å². The molecular weight excluding hydrogens is 236 g/mol. The Balaban J connectivity index is 3.38. The number of benzene rings is 1. The van der Waals surface area contributed by atoms with Crippen molar-refractivity contribution in [3.8, 4) is 5.75 Å². The first-order chi connectivity index (χ1) is 8.47. The van der Waals surface area contributed by atoms with Crippen LogP contribution >= 0.6 is 0 Å². The molecule has 0 radical (unpaired) electrons. The van der Waals surface area contributed by atoms with E-state index in [1.165, 1.54) is 14.0 Å². The predicted molar refractivity (Wildman–Crippen MR) is 65.2 cm³/mol. The van der Waals surface area contributed by atoms with Gasteiger partial charge in [-0.05, 0) is 18.6 Å². The van der Waals surface area contributed by atoms with E-state index in [4.69, 9.17) is 10.5 Å². The lowest BCUT2D eigenvalue weighted by atomic mass is 10.0. The number of rotatable bonds is 4. The zero-order valence-electron chi connectivity index (χ0n) is 10.4. The summed E-state index contributed by atoms with van der Waals surface area (Å²) in [5.41, 5.74) is 6.12. The minimum absolute atomic E-state index is 0.0996. The maximum Gasteiger partial charge on any atom is 0.308 e. The maximum absolute atomic E-state index is 11.3. The van der Waals surface area contributed by atoms with E-state index in [1.54, 1.807) is 25.1 Å². The number of ether oxygens (including phenoxy) is 1. The third-order valence-electron chi connectivity index (χ3n) is 2.13. The van der Waals surface area contributed by atoms with Gasteiger partial charge in [-0.2, -0.15) is 0 Å². The van der Waals surface area contributed by atoms with Gasteiger partial charge in [-0.15, -0.1) is 0 Å². The monoisotopic (exact) mass is 250 g/mol. The van der Waals surface area contributed by atoms with Gasteiger partial charge in [0.05, 0.1) is 5.56 Å². The number of para-hydroxylation sites is 1. The Morgan fingerprint density at radius 2 is 2.00 bits per heavy atom. The molecule has 0 aliphatic rings. The SMILES string of the molecule is CO/N=C(/C(N)=O)c1cccc(C)c1OC(C)=O. The Hall–Kier alpha value is -2.37. The Labute approximate surface area is 104 Å². The molecule has 0 fully saturated rings. The van der Waals surface area contributed by atoms with Crippen molar-refractivity contribution in [1.82, 2.24) is 0 Å². The van der Waals surface area contributed by atoms with E-state index in [1.807, 2.05) is 0 Å². The van der Waals surface area contributed by atoms with E-state index in [9.17, 15) is 9.59 Å². The quantitative estimate of drug-likeness (QED) is 0.369. The standard InChI is InChI=1S/C12H14N2O4/c1-7-5-4-6-9(11(7)18-8(2)15)10(12(13)16)14-17-3/h4-6H,1-3H3,(H2,13,16)/b14-10+. The fourth-order valence-corrected chi connectivity index (χ4v) is 1.44. The fourth-order valence-electron chi connectivity index (χ4n) is 1.44. The molecule has 0 bridgehead atoms. The third kappa shape index (κ3) is 3.07. The number of hydrogen-bond donors (Lipinski definition) is 1. The molecule has 0 atom stereocenters. The summed E-state index contributed by atoms with van der Waals surface area (Å²) in [4.78, 5) is 26.9. The number of primary amides is 1. The lowest BCUT2D eigenvalue weighted by molar-refractivity contribution is -0.132. The van der Waals surface area contributed by atoms with Crippen molar-refractivity contribution < 1.29 is 19.2 Å². The molecule has 1 aromatic carbocycles. The van der Waals surface area contributed by atoms with Gasteiger partial charge in [0, 0.05) is 6.92 Å². The van der Waals surface area contributed by atoms with Crippen LogP contribution in [0.1, 0.15) is 18.1 Å². The first kappa shape index (κ1) is 13.7. The average Bonchev–Trinajstić information content (AvgIpc) is 2.28. The normalized spacial score (nSPS) is 10.9. The van der Waals surface area contributed by atoms with Crippen molar-refractivity contribution >= 4 is 17.6 Å². The second-order valence-electron chi connectivity index (χ2n) is 3.53. The van der Waals surface area contributed by atoms with Crippen molar-refractivity contribution in [3.05, 3.63) is 29.3 Å². The number of esters is 1. The van der Waals surface area contributed by atoms with Crippen LogP contribution < -0.4 is 10.5 Å². The van der Waals surface area contributed by atoms with Gasteiger partial charge in [0.2, 0.25) is 0 Å². The van der Waals surface area contributed by atoms with Crippen LogP contribution in [0.3, 0.4) is 0 Å². The topological polar surface area (TPSA) is 91.0 Å². The summed E-state index contributed by atoms with van der Waals surface area (Å²) in [5, 5.41) is 3.55. The van der Waals surface area contributed by atoms with Crippen LogP contribution in [0.2, 0.25) is 0 Å². The lowest BCUT2D eigenvalue weighted by Crippen LogP contribution is -2.25. The molecule has 6 nitrogen and oxygen atoms in total. The van der Waals surface area contributed by atoms with Crippen LogP contribution in [0.25, 0.3) is 0 Å². The summed E-state index contributed by atoms with van der Waals surface area (Å²) >= 11 is 0. The van der Waals surface area contributed by atoms with E-state index in [0.29, 0.717) is 11.1 Å². The first-order valence-corrected chi connectivity index (χ1v) is 5.16. The number of oxime groups is 1. The van der Waals surface area contributed by atoms with Crippen LogP contribution in [0.15, 0.2) is 23.4 Å². The zero-order chi connectivity index (χ0) is 13.7. The Morgan fingerprint density at radius 3 is 2.50 bits per heavy atom. The molecule has 0 spiro atoms. The summed E-state index contributed by atoms with van der Waals surface area (Å²) < 4.78 is 5.07. The van der Waals surface area contributed by atoms with Crippen LogP contribution in [-0.4, -0.2) is 24.7 Å². The molecule has 6 heteroatoms. The molecule has 0 aromatic heterocycles. The number of nitrogens with zero attached hydrogens (tertiary/aromatic N) is 1. The van der Waals surface area contributed by atoms with Crippen LogP contribution in [0, 0.1) is 6.92 Å². The lowest BCUT2D eigenvalue weighted by Gasteiger charge is -2.11. The van der Waals surface area contributed by atoms with Crippen molar-refractivity contribution in [2.45, 2.75) is 13.8 Å². The molecule has 0 saturated heterocycles. The van der Waals surface area contributed by atoms with Crippen molar-refractivity contribution in [3.63, 3.8) is 0 Å². The smallest absolute Gasteiger partial charge is 0.308 e. The Bertz CT molecular complexity index is 509. The highest BCUT2D eigenvalue weighted by Crippen LogP contribution is 2.24. The van der Waals surface area contributed by atoms with Crippen LogP contribution in [0.5, 0.6) is 5.75 Å². The molecule has 1 aromatic rings. The highest BCUT2D eigenvalue weighted by Gasteiger charge is 2.19. The molecule has 2 N–H and O–H groups in total. The highest BCUT2D eigenvalue weighted by molar-refractivity contribution is 6.45. The minimum Gasteiger partial charge on any atom is -0.426 e. The van der Waals surface area contributed by atoms with E-state index >= 15 is 0 Å². The number of hydrogen-bond acceptors (Lipinski definition) is 5. The number of nitrogens with two attached hydrogens (primary N) is 1. The maximum atomic E-state index is 11.3. The summed E-state index contributed by atoms with van der Waals surface area (Å²) in [7, 11) is 1.30. The summed E-state index contributed by atoms with van der Waals surface area (Å²) in [5.74, 6) is -1.01. The van der Waals surface area contributed by atoms with Crippen molar-refractivity contribution in [2.75, 3.05) is 7.11 Å². The molecule has 0 heterocycles. The fraction of sp³-hybridized carbons (Fsp3) is 0.250. The van der Waals surface area contributed by atoms with E-state index in [2.05, 4.69) is 9.99 Å². The third-order valence-corrected chi connectivity index (χ3v) is 2.13. The molecule has 1 rings (SSSR count). The van der Waals surface area contributed by atoms with E-state index in [0.717, 1.165) is 0 Å². The number of aryl methyl sites for hydroxylation is 1. The molecule has 0 unspecified atom stereocenters. The van der Waals surface area contributed by atoms with Gasteiger partial charge in [0.1, 0.15) is 12.9 Å². The largest absolute Gasteiger partial charge is 0.426 e.